The first-order valence-corrected chi connectivity index (χ1v) is 6.80. The summed E-state index contributed by atoms with van der Waals surface area (Å²) < 4.78 is 23.8. The number of methoxy groups -OCH3 is 1. The van der Waals surface area contributed by atoms with Crippen molar-refractivity contribution in [3.8, 4) is 11.3 Å². The molecule has 0 saturated heterocycles. The Hall–Kier alpha value is -1.65. The molecular formula is C16H20FNO2. The largest absolute Gasteiger partial charge is 0.460 e. The fourth-order valence-electron chi connectivity index (χ4n) is 2.01. The van der Waals surface area contributed by atoms with E-state index in [1.165, 1.54) is 12.1 Å². The van der Waals surface area contributed by atoms with E-state index >= 15 is 0 Å². The van der Waals surface area contributed by atoms with Crippen LogP contribution in [0.4, 0.5) is 4.39 Å². The lowest BCUT2D eigenvalue weighted by atomic mass is 10.2. The quantitative estimate of drug-likeness (QED) is 0.839. The molecular weight excluding hydrogens is 257 g/mol. The number of rotatable bonds is 7. The van der Waals surface area contributed by atoms with Crippen molar-refractivity contribution in [2.75, 3.05) is 13.7 Å². The van der Waals surface area contributed by atoms with Gasteiger partial charge in [-0.1, -0.05) is 6.92 Å². The fraction of sp³-hybridized carbons (Fsp3) is 0.375. The molecule has 0 radical (unpaired) electrons. The fourth-order valence-corrected chi connectivity index (χ4v) is 2.01. The number of benzene rings is 1. The van der Waals surface area contributed by atoms with Gasteiger partial charge in [-0.05, 0) is 42.8 Å². The van der Waals surface area contributed by atoms with E-state index in [0.717, 1.165) is 23.5 Å². The molecule has 0 saturated carbocycles. The molecule has 4 heteroatoms. The Morgan fingerprint density at radius 3 is 2.60 bits per heavy atom. The normalized spacial score (nSPS) is 12.6. The van der Waals surface area contributed by atoms with Gasteiger partial charge in [-0.25, -0.2) is 4.39 Å². The van der Waals surface area contributed by atoms with E-state index in [-0.39, 0.29) is 5.82 Å². The molecule has 1 aromatic heterocycles. The molecule has 1 unspecified atom stereocenters. The summed E-state index contributed by atoms with van der Waals surface area (Å²) in [5.41, 5.74) is 0.876. The van der Waals surface area contributed by atoms with Crippen LogP contribution in [0.15, 0.2) is 40.8 Å². The summed E-state index contributed by atoms with van der Waals surface area (Å²) in [5, 5.41) is 3.38. The standard InChI is InChI=1S/C16H20FNO2/c1-3-14(11-19-2)18-10-15-8-9-16(20-15)12-4-6-13(17)7-5-12/h4-9,14,18H,3,10-11H2,1-2H3. The van der Waals surface area contributed by atoms with Gasteiger partial charge >= 0.3 is 0 Å². The van der Waals surface area contributed by atoms with Crippen LogP contribution in [0.5, 0.6) is 0 Å². The van der Waals surface area contributed by atoms with Gasteiger partial charge in [-0.2, -0.15) is 0 Å². The van der Waals surface area contributed by atoms with E-state index < -0.39 is 0 Å². The van der Waals surface area contributed by atoms with Gasteiger partial charge < -0.3 is 14.5 Å². The highest BCUT2D eigenvalue weighted by molar-refractivity contribution is 5.57. The van der Waals surface area contributed by atoms with Crippen LogP contribution in [0.2, 0.25) is 0 Å². The van der Waals surface area contributed by atoms with Crippen molar-refractivity contribution >= 4 is 0 Å². The summed E-state index contributed by atoms with van der Waals surface area (Å²) in [6.45, 7) is 3.45. The minimum Gasteiger partial charge on any atom is -0.460 e. The maximum Gasteiger partial charge on any atom is 0.134 e. The molecule has 1 aromatic carbocycles. The Morgan fingerprint density at radius 2 is 1.95 bits per heavy atom. The molecule has 1 N–H and O–H groups in total. The topological polar surface area (TPSA) is 34.4 Å². The van der Waals surface area contributed by atoms with Gasteiger partial charge in [0.15, 0.2) is 0 Å². The molecule has 0 aliphatic carbocycles. The molecule has 2 aromatic rings. The van der Waals surface area contributed by atoms with Gasteiger partial charge in [-0.3, -0.25) is 0 Å². The van der Waals surface area contributed by atoms with Crippen LogP contribution < -0.4 is 5.32 Å². The number of furan rings is 1. The first-order chi connectivity index (χ1) is 9.72. The Balaban J connectivity index is 1.96. The molecule has 1 atom stereocenters. The van der Waals surface area contributed by atoms with Gasteiger partial charge in [0.25, 0.3) is 0 Å². The molecule has 0 spiro atoms. The van der Waals surface area contributed by atoms with Gasteiger partial charge in [0.1, 0.15) is 17.3 Å². The molecule has 108 valence electrons. The Labute approximate surface area is 118 Å². The molecule has 0 fully saturated rings. The third kappa shape index (κ3) is 3.92. The van der Waals surface area contributed by atoms with Crippen molar-refractivity contribution in [2.45, 2.75) is 25.9 Å². The van der Waals surface area contributed by atoms with E-state index in [1.54, 1.807) is 19.2 Å². The van der Waals surface area contributed by atoms with Crippen molar-refractivity contribution in [3.63, 3.8) is 0 Å². The summed E-state index contributed by atoms with van der Waals surface area (Å²) in [4.78, 5) is 0. The van der Waals surface area contributed by atoms with E-state index in [9.17, 15) is 4.39 Å². The molecule has 0 amide bonds. The molecule has 2 rings (SSSR count). The van der Waals surface area contributed by atoms with Crippen molar-refractivity contribution < 1.29 is 13.5 Å². The zero-order valence-corrected chi connectivity index (χ0v) is 11.9. The van der Waals surface area contributed by atoms with Crippen LogP contribution in [0.25, 0.3) is 11.3 Å². The number of hydrogen-bond donors (Lipinski definition) is 1. The van der Waals surface area contributed by atoms with Crippen LogP contribution in [0.1, 0.15) is 19.1 Å². The Morgan fingerprint density at radius 1 is 1.20 bits per heavy atom. The lowest BCUT2D eigenvalue weighted by molar-refractivity contribution is 0.162. The van der Waals surface area contributed by atoms with Crippen molar-refractivity contribution in [2.24, 2.45) is 0 Å². The lowest BCUT2D eigenvalue weighted by Crippen LogP contribution is -2.31. The van der Waals surface area contributed by atoms with Crippen LogP contribution in [-0.2, 0) is 11.3 Å². The highest BCUT2D eigenvalue weighted by Crippen LogP contribution is 2.22. The van der Waals surface area contributed by atoms with E-state index in [0.29, 0.717) is 19.2 Å². The lowest BCUT2D eigenvalue weighted by Gasteiger charge is -2.14. The zero-order valence-electron chi connectivity index (χ0n) is 11.9. The van der Waals surface area contributed by atoms with E-state index in [4.69, 9.17) is 9.15 Å². The Bertz CT molecular complexity index is 522. The van der Waals surface area contributed by atoms with Gasteiger partial charge in [0, 0.05) is 18.7 Å². The number of halogens is 1. The number of hydrogen-bond acceptors (Lipinski definition) is 3. The number of nitrogens with one attached hydrogen (secondary N) is 1. The maximum absolute atomic E-state index is 12.9. The Kier molecular flexibility index (Phi) is 5.32. The predicted molar refractivity (Wildman–Crippen MR) is 76.9 cm³/mol. The third-order valence-electron chi connectivity index (χ3n) is 3.22. The summed E-state index contributed by atoms with van der Waals surface area (Å²) in [6.07, 6.45) is 0.999. The molecule has 20 heavy (non-hydrogen) atoms. The monoisotopic (exact) mass is 277 g/mol. The van der Waals surface area contributed by atoms with Crippen LogP contribution in [-0.4, -0.2) is 19.8 Å². The van der Waals surface area contributed by atoms with Crippen LogP contribution >= 0.6 is 0 Å². The van der Waals surface area contributed by atoms with Gasteiger partial charge in [0.05, 0.1) is 13.2 Å². The first kappa shape index (κ1) is 14.8. The summed E-state index contributed by atoms with van der Waals surface area (Å²) in [6, 6.07) is 10.4. The highest BCUT2D eigenvalue weighted by Gasteiger charge is 2.08. The average Bonchev–Trinajstić information content (AvgIpc) is 2.93. The second-order valence-corrected chi connectivity index (χ2v) is 4.71. The van der Waals surface area contributed by atoms with Gasteiger partial charge in [-0.15, -0.1) is 0 Å². The van der Waals surface area contributed by atoms with Crippen molar-refractivity contribution in [1.29, 1.82) is 0 Å². The highest BCUT2D eigenvalue weighted by atomic mass is 19.1. The van der Waals surface area contributed by atoms with Crippen LogP contribution in [0.3, 0.4) is 0 Å². The molecule has 1 heterocycles. The molecule has 0 bridgehead atoms. The van der Waals surface area contributed by atoms with Crippen molar-refractivity contribution in [3.05, 3.63) is 48.0 Å². The SMILES string of the molecule is CCC(COC)NCc1ccc(-c2ccc(F)cc2)o1. The second kappa shape index (κ2) is 7.22. The molecule has 0 aliphatic heterocycles. The van der Waals surface area contributed by atoms with Crippen molar-refractivity contribution in [1.82, 2.24) is 5.32 Å². The minimum absolute atomic E-state index is 0.243. The zero-order chi connectivity index (χ0) is 14.4. The third-order valence-corrected chi connectivity index (χ3v) is 3.22. The van der Waals surface area contributed by atoms with E-state index in [1.807, 2.05) is 12.1 Å². The average molecular weight is 277 g/mol. The van der Waals surface area contributed by atoms with E-state index in [2.05, 4.69) is 12.2 Å². The summed E-state index contributed by atoms with van der Waals surface area (Å²) >= 11 is 0. The minimum atomic E-state index is -0.243. The summed E-state index contributed by atoms with van der Waals surface area (Å²) in [7, 11) is 1.70. The molecule has 3 nitrogen and oxygen atoms in total. The predicted octanol–water partition coefficient (Wildman–Crippen LogP) is 3.60. The van der Waals surface area contributed by atoms with Crippen LogP contribution in [0, 0.1) is 5.82 Å². The number of ether oxygens (including phenoxy) is 1. The second-order valence-electron chi connectivity index (χ2n) is 4.71. The molecule has 0 aliphatic rings. The summed E-state index contributed by atoms with van der Waals surface area (Å²) in [5.74, 6) is 1.37. The smallest absolute Gasteiger partial charge is 0.134 e. The maximum atomic E-state index is 12.9. The first-order valence-electron chi connectivity index (χ1n) is 6.80. The van der Waals surface area contributed by atoms with Gasteiger partial charge in [0.2, 0.25) is 0 Å².